The van der Waals surface area contributed by atoms with Gasteiger partial charge in [-0.15, -0.1) is 0 Å². The topological polar surface area (TPSA) is 91.3 Å². The summed E-state index contributed by atoms with van der Waals surface area (Å²) >= 11 is 5.52. The Kier molecular flexibility index (Phi) is 7.86. The molecule has 0 aliphatic carbocycles. The zero-order valence-corrected chi connectivity index (χ0v) is 23.1. The molecule has 41 heavy (non-hydrogen) atoms. The molecule has 2 aliphatic rings. The predicted octanol–water partition coefficient (Wildman–Crippen LogP) is 4.61. The average molecular weight is 631 g/mol. The van der Waals surface area contributed by atoms with Crippen LogP contribution in [0.15, 0.2) is 35.5 Å². The third-order valence-corrected chi connectivity index (χ3v) is 8.90. The van der Waals surface area contributed by atoms with Gasteiger partial charge in [0, 0.05) is 38.3 Å². The van der Waals surface area contributed by atoms with Gasteiger partial charge in [-0.3, -0.25) is 4.79 Å². The van der Waals surface area contributed by atoms with E-state index in [0.717, 1.165) is 4.31 Å². The molecular formula is C24H22ClF7N4O4S. The number of aryl methyl sites for hydroxylation is 1. The van der Waals surface area contributed by atoms with Crippen LogP contribution in [0, 0.1) is 12.7 Å². The maximum atomic E-state index is 14.8. The van der Waals surface area contributed by atoms with E-state index in [1.807, 2.05) is 0 Å². The minimum atomic E-state index is -5.40. The average Bonchev–Trinajstić information content (AvgIpc) is 3.28. The number of alkyl halides is 6. The van der Waals surface area contributed by atoms with Crippen LogP contribution in [-0.4, -0.2) is 68.1 Å². The van der Waals surface area contributed by atoms with Gasteiger partial charge in [0.05, 0.1) is 28.8 Å². The van der Waals surface area contributed by atoms with Crippen molar-refractivity contribution in [3.8, 4) is 0 Å². The molecule has 0 spiro atoms. The number of carbonyl (C=O) groups excluding carboxylic acids is 1. The Balaban J connectivity index is 1.56. The standard InChI is InChI=1S/C24H22ClF7N4O4S/c1-12-6-13(4-5-16(12)21(37)33-15-10-36(11-15)41(38,39)35(2)3)19-9-22(40-34-19,24(30,31)32)17-7-14(23(27,28)29)8-18(25)20(17)26/h4-8,15H,9-11H2,1-3H3,(H,33,37)/t22-/m1/s1. The van der Waals surface area contributed by atoms with Crippen molar-refractivity contribution in [2.24, 2.45) is 5.16 Å². The Morgan fingerprint density at radius 1 is 1.15 bits per heavy atom. The molecule has 224 valence electrons. The Hall–Kier alpha value is -2.95. The highest BCUT2D eigenvalue weighted by molar-refractivity contribution is 7.86. The number of hydrogen-bond donors (Lipinski definition) is 1. The molecular weight excluding hydrogens is 609 g/mol. The molecule has 1 atom stereocenters. The zero-order chi connectivity index (χ0) is 30.7. The van der Waals surface area contributed by atoms with E-state index in [-0.39, 0.29) is 42.1 Å². The van der Waals surface area contributed by atoms with Gasteiger partial charge < -0.3 is 10.2 Å². The number of nitrogens with zero attached hydrogens (tertiary/aromatic N) is 3. The normalized spacial score (nSPS) is 20.5. The third kappa shape index (κ3) is 5.61. The van der Waals surface area contributed by atoms with Crippen LogP contribution >= 0.6 is 11.6 Å². The van der Waals surface area contributed by atoms with Crippen LogP contribution in [-0.2, 0) is 26.8 Å². The number of hydrogen-bond acceptors (Lipinski definition) is 5. The van der Waals surface area contributed by atoms with Crippen molar-refractivity contribution in [3.05, 3.63) is 69.0 Å². The lowest BCUT2D eigenvalue weighted by Crippen LogP contribution is -2.62. The third-order valence-electron chi connectivity index (χ3n) is 6.75. The number of rotatable bonds is 6. The van der Waals surface area contributed by atoms with E-state index in [1.54, 1.807) is 0 Å². The molecule has 0 radical (unpaired) electrons. The number of benzene rings is 2. The molecule has 17 heteroatoms. The highest BCUT2D eigenvalue weighted by atomic mass is 35.5. The maximum absolute atomic E-state index is 14.8. The summed E-state index contributed by atoms with van der Waals surface area (Å²) in [6, 6.07) is 3.59. The number of halogens is 8. The second kappa shape index (κ2) is 10.4. The second-order valence-corrected chi connectivity index (χ2v) is 12.3. The van der Waals surface area contributed by atoms with Gasteiger partial charge in [-0.25, -0.2) is 4.39 Å². The number of nitrogens with one attached hydrogen (secondary N) is 1. The van der Waals surface area contributed by atoms with Gasteiger partial charge in [0.15, 0.2) is 0 Å². The summed E-state index contributed by atoms with van der Waals surface area (Å²) in [5, 5.41) is 4.94. The van der Waals surface area contributed by atoms with E-state index in [2.05, 4.69) is 15.3 Å². The fourth-order valence-corrected chi connectivity index (χ4v) is 5.81. The lowest BCUT2D eigenvalue weighted by atomic mass is 9.85. The summed E-state index contributed by atoms with van der Waals surface area (Å²) in [5.74, 6) is -2.29. The van der Waals surface area contributed by atoms with Crippen LogP contribution in [0.2, 0.25) is 5.02 Å². The van der Waals surface area contributed by atoms with Crippen molar-refractivity contribution in [1.82, 2.24) is 13.9 Å². The van der Waals surface area contributed by atoms with Crippen molar-refractivity contribution in [3.63, 3.8) is 0 Å². The lowest BCUT2D eigenvalue weighted by molar-refractivity contribution is -0.276. The van der Waals surface area contributed by atoms with E-state index in [9.17, 15) is 43.9 Å². The first-order valence-corrected chi connectivity index (χ1v) is 13.5. The van der Waals surface area contributed by atoms with Crippen LogP contribution in [0.1, 0.15) is 39.0 Å². The molecule has 1 N–H and O–H groups in total. The minimum absolute atomic E-state index is 0.00277. The lowest BCUT2D eigenvalue weighted by Gasteiger charge is -2.39. The SMILES string of the molecule is Cc1cc(C2=NO[C@](c3cc(C(F)(F)F)cc(Cl)c3F)(C(F)(F)F)C2)ccc1C(=O)NC1CN(S(=O)(=O)N(C)C)C1. The van der Waals surface area contributed by atoms with E-state index in [0.29, 0.717) is 5.56 Å². The van der Waals surface area contributed by atoms with Crippen LogP contribution in [0.25, 0.3) is 0 Å². The van der Waals surface area contributed by atoms with Gasteiger partial charge >= 0.3 is 12.4 Å². The van der Waals surface area contributed by atoms with Crippen LogP contribution in [0.3, 0.4) is 0 Å². The number of oxime groups is 1. The summed E-state index contributed by atoms with van der Waals surface area (Å²) in [4.78, 5) is 17.4. The number of carbonyl (C=O) groups is 1. The molecule has 0 bridgehead atoms. The van der Waals surface area contributed by atoms with Crippen molar-refractivity contribution < 1.29 is 48.8 Å². The minimum Gasteiger partial charge on any atom is -0.374 e. The van der Waals surface area contributed by atoms with E-state index < -0.39 is 68.5 Å². The summed E-state index contributed by atoms with van der Waals surface area (Å²) in [6.07, 6.45) is -11.7. The molecule has 8 nitrogen and oxygen atoms in total. The number of amides is 1. The first-order valence-electron chi connectivity index (χ1n) is 11.8. The van der Waals surface area contributed by atoms with Crippen molar-refractivity contribution in [2.75, 3.05) is 27.2 Å². The largest absolute Gasteiger partial charge is 0.435 e. The van der Waals surface area contributed by atoms with Crippen LogP contribution < -0.4 is 5.32 Å². The van der Waals surface area contributed by atoms with Crippen molar-refractivity contribution in [2.45, 2.75) is 37.3 Å². The monoisotopic (exact) mass is 630 g/mol. The molecule has 4 rings (SSSR count). The van der Waals surface area contributed by atoms with Crippen LogP contribution in [0.4, 0.5) is 30.7 Å². The maximum Gasteiger partial charge on any atom is 0.435 e. The molecule has 0 saturated carbocycles. The van der Waals surface area contributed by atoms with E-state index in [1.165, 1.54) is 43.5 Å². The Morgan fingerprint density at radius 3 is 2.32 bits per heavy atom. The fourth-order valence-electron chi connectivity index (χ4n) is 4.39. The van der Waals surface area contributed by atoms with Crippen molar-refractivity contribution in [1.29, 1.82) is 0 Å². The molecule has 2 aliphatic heterocycles. The highest BCUT2D eigenvalue weighted by Gasteiger charge is 2.64. The van der Waals surface area contributed by atoms with Gasteiger partial charge in [0.2, 0.25) is 0 Å². The molecule has 1 amide bonds. The Bertz CT molecular complexity index is 1520. The van der Waals surface area contributed by atoms with Gasteiger partial charge in [-0.05, 0) is 42.3 Å². The summed E-state index contributed by atoms with van der Waals surface area (Å²) in [5.41, 5.74) is -6.52. The van der Waals surface area contributed by atoms with E-state index in [4.69, 9.17) is 11.6 Å². The Morgan fingerprint density at radius 2 is 1.78 bits per heavy atom. The molecule has 0 aromatic heterocycles. The van der Waals surface area contributed by atoms with E-state index >= 15 is 0 Å². The first-order chi connectivity index (χ1) is 18.8. The Labute approximate surface area is 234 Å². The molecule has 2 heterocycles. The van der Waals surface area contributed by atoms with Gasteiger partial charge in [0.1, 0.15) is 5.82 Å². The smallest absolute Gasteiger partial charge is 0.374 e. The summed E-state index contributed by atoms with van der Waals surface area (Å²) < 4.78 is 124. The quantitative estimate of drug-likeness (QED) is 0.472. The van der Waals surface area contributed by atoms with Gasteiger partial charge in [-0.2, -0.15) is 43.4 Å². The van der Waals surface area contributed by atoms with Crippen molar-refractivity contribution >= 4 is 33.4 Å². The highest BCUT2D eigenvalue weighted by Crippen LogP contribution is 2.51. The first kappa shape index (κ1) is 31.0. The summed E-state index contributed by atoms with van der Waals surface area (Å²) in [6.45, 7) is 1.59. The molecule has 1 fully saturated rings. The molecule has 1 saturated heterocycles. The summed E-state index contributed by atoms with van der Waals surface area (Å²) in [7, 11) is -0.886. The second-order valence-electron chi connectivity index (χ2n) is 9.76. The van der Waals surface area contributed by atoms with Gasteiger partial charge in [0.25, 0.3) is 21.7 Å². The zero-order valence-electron chi connectivity index (χ0n) is 21.5. The fraction of sp³-hybridized carbons (Fsp3) is 0.417. The predicted molar refractivity (Wildman–Crippen MR) is 133 cm³/mol. The molecule has 2 aromatic carbocycles. The van der Waals surface area contributed by atoms with Crippen LogP contribution in [0.5, 0.6) is 0 Å². The van der Waals surface area contributed by atoms with Gasteiger partial charge in [-0.1, -0.05) is 22.8 Å². The molecule has 0 unspecified atom stereocenters. The molecule has 2 aromatic rings.